The number of aromatic amines is 1. The lowest BCUT2D eigenvalue weighted by molar-refractivity contribution is 0.0996. The molecule has 2 aromatic carbocycles. The average Bonchev–Trinajstić information content (AvgIpc) is 3.25. The largest absolute Gasteiger partial charge is 0.486 e. The molecule has 10 nitrogen and oxygen atoms in total. The number of nitrogens with one attached hydrogen (secondary N) is 2. The highest BCUT2D eigenvalue weighted by molar-refractivity contribution is 6.05. The van der Waals surface area contributed by atoms with Crippen molar-refractivity contribution in [2.45, 2.75) is 6.10 Å². The van der Waals surface area contributed by atoms with E-state index in [1.54, 1.807) is 6.20 Å². The van der Waals surface area contributed by atoms with Crippen LogP contribution in [-0.4, -0.2) is 44.0 Å². The molecule has 0 spiro atoms. The van der Waals surface area contributed by atoms with E-state index in [2.05, 4.69) is 25.5 Å². The van der Waals surface area contributed by atoms with Gasteiger partial charge in [0.2, 0.25) is 5.95 Å². The van der Waals surface area contributed by atoms with Crippen LogP contribution >= 0.6 is 0 Å². The quantitative estimate of drug-likeness (QED) is 0.387. The molecule has 4 N–H and O–H groups in total. The molecule has 4 heterocycles. The molecule has 164 valence electrons. The Morgan fingerprint density at radius 3 is 2.76 bits per heavy atom. The van der Waals surface area contributed by atoms with Crippen molar-refractivity contribution in [2.24, 2.45) is 0 Å². The predicted molar refractivity (Wildman–Crippen MR) is 124 cm³/mol. The number of benzene rings is 2. The number of nitrogens with two attached hydrogens (primary N) is 1. The zero-order chi connectivity index (χ0) is 22.4. The molecule has 1 aliphatic rings. The van der Waals surface area contributed by atoms with E-state index in [0.717, 1.165) is 5.75 Å². The van der Waals surface area contributed by atoms with Crippen LogP contribution in [0, 0.1) is 0 Å². The number of H-pyrrole nitrogens is 1. The van der Waals surface area contributed by atoms with E-state index >= 15 is 0 Å². The minimum Gasteiger partial charge on any atom is -0.486 e. The lowest BCUT2D eigenvalue weighted by atomic mass is 10.2. The van der Waals surface area contributed by atoms with Gasteiger partial charge in [0.15, 0.2) is 23.0 Å². The third-order valence-corrected chi connectivity index (χ3v) is 5.53. The van der Waals surface area contributed by atoms with Gasteiger partial charge in [0.25, 0.3) is 5.56 Å². The van der Waals surface area contributed by atoms with Gasteiger partial charge in [-0.15, -0.1) is 0 Å². The number of para-hydroxylation sites is 3. The van der Waals surface area contributed by atoms with Gasteiger partial charge in [-0.2, -0.15) is 10.1 Å². The fraction of sp³-hybridized carbons (Fsp3) is 0.130. The first-order valence-electron chi connectivity index (χ1n) is 10.4. The molecule has 0 amide bonds. The number of ether oxygens (including phenoxy) is 2. The van der Waals surface area contributed by atoms with Crippen molar-refractivity contribution in [3.05, 3.63) is 71.1 Å². The number of rotatable bonds is 4. The molecule has 3 aromatic heterocycles. The monoisotopic (exact) mass is 441 g/mol. The Bertz CT molecular complexity index is 1550. The van der Waals surface area contributed by atoms with E-state index < -0.39 is 0 Å². The summed E-state index contributed by atoms with van der Waals surface area (Å²) in [6.07, 6.45) is 1.43. The first-order chi connectivity index (χ1) is 16.2. The summed E-state index contributed by atoms with van der Waals surface area (Å²) in [4.78, 5) is 22.5. The van der Waals surface area contributed by atoms with Gasteiger partial charge in [0, 0.05) is 6.20 Å². The molecule has 5 aromatic rings. The fourth-order valence-corrected chi connectivity index (χ4v) is 3.97. The first-order valence-corrected chi connectivity index (χ1v) is 10.4. The molecule has 0 radical (unpaired) electrons. The van der Waals surface area contributed by atoms with E-state index in [-0.39, 0.29) is 17.5 Å². The van der Waals surface area contributed by atoms with Gasteiger partial charge in [-0.25, -0.2) is 4.98 Å². The summed E-state index contributed by atoms with van der Waals surface area (Å²) in [6.45, 7) is 0.828. The van der Waals surface area contributed by atoms with Gasteiger partial charge in [-0.1, -0.05) is 30.3 Å². The second-order valence-electron chi connectivity index (χ2n) is 7.64. The topological polar surface area (TPSA) is 133 Å². The standard InChI is InChI=1S/C23H19N7O3/c24-20-18-19(28-29-20)15-11-26-23(25-10-14-12-32-16-8-4-5-9-17(16)33-14)27-21(15)30(22(18)31)13-6-2-1-3-7-13/h1-9,11,14H,10,12H2,(H3,24,28,29)(H,25,26,27)/t14-/m0/s1. The van der Waals surface area contributed by atoms with Crippen molar-refractivity contribution in [3.8, 4) is 17.2 Å². The van der Waals surface area contributed by atoms with E-state index in [1.807, 2.05) is 54.6 Å². The van der Waals surface area contributed by atoms with Crippen molar-refractivity contribution in [1.82, 2.24) is 24.7 Å². The van der Waals surface area contributed by atoms with Gasteiger partial charge in [-0.3, -0.25) is 14.5 Å². The summed E-state index contributed by atoms with van der Waals surface area (Å²) in [5, 5.41) is 11.0. The lowest BCUT2D eigenvalue weighted by Gasteiger charge is -2.26. The van der Waals surface area contributed by atoms with Crippen LogP contribution in [-0.2, 0) is 0 Å². The maximum absolute atomic E-state index is 13.4. The first kappa shape index (κ1) is 19.1. The van der Waals surface area contributed by atoms with E-state index in [4.69, 9.17) is 15.2 Å². The summed E-state index contributed by atoms with van der Waals surface area (Å²) in [7, 11) is 0. The Morgan fingerprint density at radius 1 is 1.12 bits per heavy atom. The number of fused-ring (bicyclic) bond motifs is 4. The van der Waals surface area contributed by atoms with Crippen LogP contribution in [0.3, 0.4) is 0 Å². The van der Waals surface area contributed by atoms with Crippen LogP contribution in [0.2, 0.25) is 0 Å². The number of aromatic nitrogens is 5. The molecule has 1 aliphatic heterocycles. The molecule has 0 bridgehead atoms. The Kier molecular flexibility index (Phi) is 4.35. The molecule has 6 rings (SSSR count). The smallest absolute Gasteiger partial charge is 0.270 e. The zero-order valence-electron chi connectivity index (χ0n) is 17.4. The molecule has 10 heteroatoms. The minimum atomic E-state index is -0.305. The van der Waals surface area contributed by atoms with Crippen LogP contribution in [0.1, 0.15) is 0 Å². The predicted octanol–water partition coefficient (Wildman–Crippen LogP) is 2.49. The van der Waals surface area contributed by atoms with E-state index in [0.29, 0.717) is 52.5 Å². The second-order valence-corrected chi connectivity index (χ2v) is 7.64. The fourth-order valence-electron chi connectivity index (χ4n) is 3.97. The Labute approximate surface area is 187 Å². The molecule has 0 fully saturated rings. The van der Waals surface area contributed by atoms with Crippen LogP contribution in [0.5, 0.6) is 11.5 Å². The van der Waals surface area contributed by atoms with E-state index in [1.165, 1.54) is 4.57 Å². The Morgan fingerprint density at radius 2 is 1.91 bits per heavy atom. The minimum absolute atomic E-state index is 0.138. The molecule has 0 aliphatic carbocycles. The average molecular weight is 441 g/mol. The maximum atomic E-state index is 13.4. The van der Waals surface area contributed by atoms with Crippen LogP contribution in [0.25, 0.3) is 27.6 Å². The van der Waals surface area contributed by atoms with Crippen molar-refractivity contribution >= 4 is 33.7 Å². The number of nitrogen functional groups attached to an aromatic ring is 1. The normalized spacial score (nSPS) is 15.1. The second kappa shape index (κ2) is 7.52. The number of nitrogens with zero attached hydrogens (tertiary/aromatic N) is 4. The Hall–Kier alpha value is -4.60. The molecule has 0 saturated heterocycles. The van der Waals surface area contributed by atoms with Gasteiger partial charge in [0.1, 0.15) is 18.1 Å². The van der Waals surface area contributed by atoms with Gasteiger partial charge in [-0.05, 0) is 24.3 Å². The molecule has 0 unspecified atom stereocenters. The summed E-state index contributed by atoms with van der Waals surface area (Å²) in [6, 6.07) is 16.8. The van der Waals surface area contributed by atoms with E-state index in [9.17, 15) is 4.79 Å². The molecule has 0 saturated carbocycles. The summed E-state index contributed by atoms with van der Waals surface area (Å²) < 4.78 is 13.3. The molecular formula is C23H19N7O3. The molecule has 1 atom stereocenters. The third kappa shape index (κ3) is 3.19. The number of pyridine rings is 1. The van der Waals surface area contributed by atoms with Crippen LogP contribution < -0.4 is 26.1 Å². The number of anilines is 2. The number of hydrogen-bond acceptors (Lipinski definition) is 8. The van der Waals surface area contributed by atoms with Crippen molar-refractivity contribution in [3.63, 3.8) is 0 Å². The van der Waals surface area contributed by atoms with Crippen molar-refractivity contribution < 1.29 is 9.47 Å². The summed E-state index contributed by atoms with van der Waals surface area (Å²) in [5.74, 6) is 1.93. The maximum Gasteiger partial charge on any atom is 0.270 e. The summed E-state index contributed by atoms with van der Waals surface area (Å²) in [5.41, 5.74) is 7.28. The highest BCUT2D eigenvalue weighted by Gasteiger charge is 2.22. The lowest BCUT2D eigenvalue weighted by Crippen LogP contribution is -2.35. The number of hydrogen-bond donors (Lipinski definition) is 3. The summed E-state index contributed by atoms with van der Waals surface area (Å²) >= 11 is 0. The SMILES string of the molecule is Nc1n[nH]c2c1c(=O)n(-c1ccccc1)c1nc(NC[C@H]3COc4ccccc4O3)ncc21. The molecule has 33 heavy (non-hydrogen) atoms. The highest BCUT2D eigenvalue weighted by Crippen LogP contribution is 2.31. The van der Waals surface area contributed by atoms with Gasteiger partial charge in [0.05, 0.1) is 23.1 Å². The van der Waals surface area contributed by atoms with Crippen LogP contribution in [0.15, 0.2) is 65.6 Å². The van der Waals surface area contributed by atoms with Crippen molar-refractivity contribution in [2.75, 3.05) is 24.2 Å². The van der Waals surface area contributed by atoms with Crippen molar-refractivity contribution in [1.29, 1.82) is 0 Å². The third-order valence-electron chi connectivity index (χ3n) is 5.53. The Balaban J connectivity index is 1.39. The van der Waals surface area contributed by atoms with Gasteiger partial charge >= 0.3 is 0 Å². The van der Waals surface area contributed by atoms with Gasteiger partial charge < -0.3 is 20.5 Å². The highest BCUT2D eigenvalue weighted by atomic mass is 16.6. The van der Waals surface area contributed by atoms with Crippen LogP contribution in [0.4, 0.5) is 11.8 Å². The zero-order valence-corrected chi connectivity index (χ0v) is 17.4. The molecular weight excluding hydrogens is 422 g/mol.